The van der Waals surface area contributed by atoms with Crippen molar-refractivity contribution >= 4 is 40.1 Å². The van der Waals surface area contributed by atoms with Crippen LogP contribution in [0.2, 0.25) is 0 Å². The van der Waals surface area contributed by atoms with Gasteiger partial charge in [0, 0.05) is 10.8 Å². The van der Waals surface area contributed by atoms with Gasteiger partial charge in [-0.1, -0.05) is 11.6 Å². The zero-order chi connectivity index (χ0) is 16.8. The molecule has 0 amide bonds. The van der Waals surface area contributed by atoms with Crippen LogP contribution >= 0.6 is 23.2 Å². The van der Waals surface area contributed by atoms with Crippen molar-refractivity contribution in [3.05, 3.63) is 52.3 Å². The van der Waals surface area contributed by atoms with Crippen molar-refractivity contribution in [1.82, 2.24) is 0 Å². The van der Waals surface area contributed by atoms with Crippen molar-refractivity contribution in [3.8, 4) is 5.75 Å². The monoisotopic (exact) mass is 352 g/mol. The molecule has 0 aliphatic heterocycles. The molecule has 4 nitrogen and oxygen atoms in total. The second-order valence-electron chi connectivity index (χ2n) is 5.53. The summed E-state index contributed by atoms with van der Waals surface area (Å²) in [4.78, 5) is 12.7. The predicted octanol–water partition coefficient (Wildman–Crippen LogP) is 2.02. The molecule has 0 saturated carbocycles. The molecule has 1 aliphatic rings. The number of methoxy groups -OCH3 is 1. The second-order valence-corrected chi connectivity index (χ2v) is 6.37. The van der Waals surface area contributed by atoms with Crippen molar-refractivity contribution in [3.63, 3.8) is 0 Å². The smallest absolute Gasteiger partial charge is 0.196 e. The summed E-state index contributed by atoms with van der Waals surface area (Å²) in [5.41, 5.74) is -0.251. The first-order chi connectivity index (χ1) is 10.8. The lowest BCUT2D eigenvalue weighted by molar-refractivity contribution is 0.103. The number of fused-ring (bicyclic) bond motifs is 1. The number of furan rings is 1. The number of aliphatic hydroxyl groups is 1. The largest absolute Gasteiger partial charge is 0.497 e. The SMILES string of the molecule is COc1ccc(C(=O)c2coc3c2=CC(C)(O)C(Cl)C=3Cl)cc1. The van der Waals surface area contributed by atoms with Crippen LogP contribution in [0.1, 0.15) is 22.8 Å². The van der Waals surface area contributed by atoms with Gasteiger partial charge in [0.25, 0.3) is 0 Å². The summed E-state index contributed by atoms with van der Waals surface area (Å²) in [5.74, 6) is 0.425. The molecule has 2 atom stereocenters. The molecule has 1 aromatic heterocycles. The van der Waals surface area contributed by atoms with Crippen molar-refractivity contribution in [2.75, 3.05) is 7.11 Å². The van der Waals surface area contributed by atoms with E-state index in [4.69, 9.17) is 32.4 Å². The van der Waals surface area contributed by atoms with Gasteiger partial charge >= 0.3 is 0 Å². The molecule has 0 spiro atoms. The first-order valence-electron chi connectivity index (χ1n) is 6.90. The van der Waals surface area contributed by atoms with Gasteiger partial charge in [0.2, 0.25) is 0 Å². The van der Waals surface area contributed by atoms with E-state index >= 15 is 0 Å². The number of carbonyl (C=O) groups excluding carboxylic acids is 1. The Bertz CT molecular complexity index is 878. The van der Waals surface area contributed by atoms with Crippen LogP contribution in [-0.2, 0) is 0 Å². The summed E-state index contributed by atoms with van der Waals surface area (Å²) in [5, 5.41) is 10.2. The van der Waals surface area contributed by atoms with E-state index in [-0.39, 0.29) is 10.8 Å². The summed E-state index contributed by atoms with van der Waals surface area (Å²) in [6.45, 7) is 1.53. The third-order valence-corrected chi connectivity index (χ3v) is 4.98. The zero-order valence-electron chi connectivity index (χ0n) is 12.5. The van der Waals surface area contributed by atoms with Crippen LogP contribution in [0.25, 0.3) is 11.1 Å². The first-order valence-corrected chi connectivity index (χ1v) is 7.72. The minimum absolute atomic E-state index is 0.183. The summed E-state index contributed by atoms with van der Waals surface area (Å²) in [7, 11) is 1.56. The number of ketones is 1. The van der Waals surface area contributed by atoms with Crippen molar-refractivity contribution in [1.29, 1.82) is 0 Å². The number of halogens is 2. The topological polar surface area (TPSA) is 59.7 Å². The van der Waals surface area contributed by atoms with E-state index in [1.165, 1.54) is 19.3 Å². The molecule has 23 heavy (non-hydrogen) atoms. The van der Waals surface area contributed by atoms with Gasteiger partial charge in [0.1, 0.15) is 23.0 Å². The molecule has 1 heterocycles. The molecule has 0 radical (unpaired) electrons. The van der Waals surface area contributed by atoms with Gasteiger partial charge in [0.05, 0.1) is 17.7 Å². The summed E-state index contributed by atoms with van der Waals surface area (Å²) >= 11 is 12.3. The molecule has 6 heteroatoms. The van der Waals surface area contributed by atoms with E-state index in [9.17, 15) is 9.90 Å². The van der Waals surface area contributed by atoms with E-state index in [1.54, 1.807) is 31.4 Å². The van der Waals surface area contributed by atoms with E-state index in [0.717, 1.165) is 0 Å². The molecule has 1 N–H and O–H groups in total. The number of benzene rings is 1. The quantitative estimate of drug-likeness (QED) is 0.678. The van der Waals surface area contributed by atoms with Crippen molar-refractivity contribution in [2.45, 2.75) is 17.9 Å². The highest BCUT2D eigenvalue weighted by molar-refractivity contribution is 6.52. The van der Waals surface area contributed by atoms with E-state index in [0.29, 0.717) is 27.5 Å². The summed E-state index contributed by atoms with van der Waals surface area (Å²) in [6.07, 6.45) is 2.84. The number of carbonyl (C=O) groups is 1. The number of rotatable bonds is 3. The maximum Gasteiger partial charge on any atom is 0.196 e. The van der Waals surface area contributed by atoms with Crippen LogP contribution in [0.5, 0.6) is 5.75 Å². The molecule has 2 aromatic rings. The molecule has 1 aliphatic carbocycles. The lowest BCUT2D eigenvalue weighted by Crippen LogP contribution is -2.45. The zero-order valence-corrected chi connectivity index (χ0v) is 14.0. The standard InChI is InChI=1S/C17H14Cl2O4/c1-17(21)7-11-12(8-23-15(11)13(18)16(17)19)14(20)9-3-5-10(22-2)6-4-9/h3-8,16,21H,1-2H3. The van der Waals surface area contributed by atoms with Crippen molar-refractivity contribution in [2.24, 2.45) is 0 Å². The summed E-state index contributed by atoms with van der Waals surface area (Å²) < 4.78 is 10.5. The molecule has 120 valence electrons. The molecule has 1 aromatic carbocycles. The minimum Gasteiger partial charge on any atom is -0.497 e. The van der Waals surface area contributed by atoms with Crippen LogP contribution in [0, 0.1) is 0 Å². The van der Waals surface area contributed by atoms with Crippen LogP contribution in [0.4, 0.5) is 0 Å². The molecule has 0 saturated heterocycles. The van der Waals surface area contributed by atoms with Gasteiger partial charge in [-0.05, 0) is 37.3 Å². The average molecular weight is 353 g/mol. The number of ether oxygens (including phenoxy) is 1. The minimum atomic E-state index is -1.37. The average Bonchev–Trinajstić information content (AvgIpc) is 2.95. The lowest BCUT2D eigenvalue weighted by Gasteiger charge is -2.26. The Balaban J connectivity index is 2.13. The Kier molecular flexibility index (Phi) is 4.00. The van der Waals surface area contributed by atoms with Gasteiger partial charge in [-0.3, -0.25) is 4.79 Å². The molecular weight excluding hydrogens is 339 g/mol. The Morgan fingerprint density at radius 2 is 2.00 bits per heavy atom. The summed E-state index contributed by atoms with van der Waals surface area (Å²) in [6, 6.07) is 6.73. The normalized spacial score (nSPS) is 23.2. The predicted molar refractivity (Wildman–Crippen MR) is 88.4 cm³/mol. The third kappa shape index (κ3) is 2.67. The van der Waals surface area contributed by atoms with Crippen LogP contribution in [-0.4, -0.2) is 29.0 Å². The Morgan fingerprint density at radius 1 is 1.35 bits per heavy atom. The Morgan fingerprint density at radius 3 is 2.61 bits per heavy atom. The van der Waals surface area contributed by atoms with E-state index in [2.05, 4.69) is 0 Å². The number of hydrogen-bond donors (Lipinski definition) is 1. The maximum absolute atomic E-state index is 12.7. The molecule has 0 fully saturated rings. The highest BCUT2D eigenvalue weighted by atomic mass is 35.5. The molecule has 3 rings (SSSR count). The number of hydrogen-bond acceptors (Lipinski definition) is 4. The molecule has 2 unspecified atom stereocenters. The fourth-order valence-electron chi connectivity index (χ4n) is 2.51. The molecular formula is C17H14Cl2O4. The van der Waals surface area contributed by atoms with Crippen molar-refractivity contribution < 1.29 is 19.1 Å². The van der Waals surface area contributed by atoms with Crippen LogP contribution < -0.4 is 15.4 Å². The fourth-order valence-corrected chi connectivity index (χ4v) is 3.04. The van der Waals surface area contributed by atoms with E-state index < -0.39 is 11.0 Å². The Labute approximate surface area is 142 Å². The van der Waals surface area contributed by atoms with Gasteiger partial charge in [0.15, 0.2) is 11.2 Å². The highest BCUT2D eigenvalue weighted by Crippen LogP contribution is 2.29. The second kappa shape index (κ2) is 5.71. The van der Waals surface area contributed by atoms with Gasteiger partial charge in [-0.15, -0.1) is 11.6 Å². The Hall–Kier alpha value is -1.75. The first kappa shape index (κ1) is 16.1. The lowest BCUT2D eigenvalue weighted by atomic mass is 9.93. The van der Waals surface area contributed by atoms with Gasteiger partial charge in [-0.25, -0.2) is 0 Å². The van der Waals surface area contributed by atoms with E-state index in [1.807, 2.05) is 0 Å². The van der Waals surface area contributed by atoms with Crippen LogP contribution in [0.15, 0.2) is 34.9 Å². The highest BCUT2D eigenvalue weighted by Gasteiger charge is 2.35. The van der Waals surface area contributed by atoms with Crippen LogP contribution in [0.3, 0.4) is 0 Å². The maximum atomic E-state index is 12.7. The molecule has 0 bridgehead atoms. The number of alkyl halides is 1. The fraction of sp³-hybridized carbons (Fsp3) is 0.235. The van der Waals surface area contributed by atoms with Gasteiger partial charge < -0.3 is 14.3 Å². The van der Waals surface area contributed by atoms with Gasteiger partial charge in [-0.2, -0.15) is 0 Å². The third-order valence-electron chi connectivity index (χ3n) is 3.82.